The topological polar surface area (TPSA) is 24.9 Å². The van der Waals surface area contributed by atoms with E-state index < -0.39 is 0 Å². The van der Waals surface area contributed by atoms with Gasteiger partial charge in [0.1, 0.15) is 0 Å². The molecule has 0 aromatic carbocycles. The van der Waals surface area contributed by atoms with Crippen molar-refractivity contribution in [2.24, 2.45) is 11.8 Å². The highest BCUT2D eigenvalue weighted by molar-refractivity contribution is 5.18. The van der Waals surface area contributed by atoms with Crippen molar-refractivity contribution in [3.63, 3.8) is 0 Å². The van der Waals surface area contributed by atoms with Crippen LogP contribution in [0.1, 0.15) is 56.8 Å². The number of rotatable bonds is 5. The van der Waals surface area contributed by atoms with Crippen LogP contribution < -0.4 is 5.32 Å². The Morgan fingerprint density at radius 1 is 1.33 bits per heavy atom. The molecule has 3 atom stereocenters. The van der Waals surface area contributed by atoms with Crippen molar-refractivity contribution in [1.29, 1.82) is 0 Å². The molecule has 2 rings (SSSR count). The molecule has 1 aliphatic rings. The van der Waals surface area contributed by atoms with Crippen LogP contribution in [0, 0.1) is 18.8 Å². The molecule has 2 heteroatoms. The zero-order valence-corrected chi connectivity index (χ0v) is 11.9. The summed E-state index contributed by atoms with van der Waals surface area (Å²) in [7, 11) is 0. The Balaban J connectivity index is 2.10. The predicted octanol–water partition coefficient (Wildman–Crippen LogP) is 3.87. The maximum Gasteiger partial charge on any atom is 0.0372 e. The molecule has 1 heterocycles. The summed E-state index contributed by atoms with van der Waals surface area (Å²) >= 11 is 0. The molecule has 1 saturated carbocycles. The maximum absolute atomic E-state index is 4.45. The van der Waals surface area contributed by atoms with Gasteiger partial charge in [-0.15, -0.1) is 0 Å². The minimum absolute atomic E-state index is 0.500. The molecule has 0 radical (unpaired) electrons. The summed E-state index contributed by atoms with van der Waals surface area (Å²) in [6.45, 7) is 7.60. The third-order valence-electron chi connectivity index (χ3n) is 4.35. The number of nitrogens with one attached hydrogen (secondary N) is 1. The van der Waals surface area contributed by atoms with Gasteiger partial charge in [-0.05, 0) is 49.8 Å². The second kappa shape index (κ2) is 6.33. The van der Waals surface area contributed by atoms with Crippen LogP contribution in [0.3, 0.4) is 0 Å². The number of pyridine rings is 1. The molecule has 0 bridgehead atoms. The van der Waals surface area contributed by atoms with Crippen LogP contribution in [0.2, 0.25) is 0 Å². The summed E-state index contributed by atoms with van der Waals surface area (Å²) in [5, 5.41) is 3.66. The highest BCUT2D eigenvalue weighted by atomic mass is 14.9. The van der Waals surface area contributed by atoms with Crippen molar-refractivity contribution >= 4 is 0 Å². The summed E-state index contributed by atoms with van der Waals surface area (Å²) in [5.41, 5.74) is 2.47. The summed E-state index contributed by atoms with van der Waals surface area (Å²) < 4.78 is 0. The molecule has 1 fully saturated rings. The Morgan fingerprint density at radius 2 is 2.17 bits per heavy atom. The van der Waals surface area contributed by atoms with Crippen molar-refractivity contribution in [2.45, 2.75) is 52.5 Å². The lowest BCUT2D eigenvalue weighted by Gasteiger charge is -2.25. The van der Waals surface area contributed by atoms with E-state index >= 15 is 0 Å². The first-order valence-corrected chi connectivity index (χ1v) is 7.40. The first kappa shape index (κ1) is 13.5. The van der Waals surface area contributed by atoms with Gasteiger partial charge in [0.25, 0.3) is 0 Å². The maximum atomic E-state index is 4.45. The fraction of sp³-hybridized carbons (Fsp3) is 0.688. The van der Waals surface area contributed by atoms with Gasteiger partial charge in [0, 0.05) is 17.9 Å². The van der Waals surface area contributed by atoms with Gasteiger partial charge in [0.2, 0.25) is 0 Å². The molecule has 0 aliphatic heterocycles. The molecule has 18 heavy (non-hydrogen) atoms. The Bertz CT molecular complexity index is 358. The fourth-order valence-electron chi connectivity index (χ4n) is 3.23. The number of aryl methyl sites for hydroxylation is 1. The molecular weight excluding hydrogens is 220 g/mol. The summed E-state index contributed by atoms with van der Waals surface area (Å²) in [5.74, 6) is 1.73. The van der Waals surface area contributed by atoms with E-state index in [2.05, 4.69) is 49.4 Å². The van der Waals surface area contributed by atoms with E-state index in [4.69, 9.17) is 0 Å². The minimum Gasteiger partial charge on any atom is -0.310 e. The SMILES string of the molecule is CCNC(c1ccc(C)nc1)C1CCC(CC)C1. The predicted molar refractivity (Wildman–Crippen MR) is 76.5 cm³/mol. The van der Waals surface area contributed by atoms with Crippen molar-refractivity contribution in [1.82, 2.24) is 10.3 Å². The highest BCUT2D eigenvalue weighted by Gasteiger charge is 2.30. The zero-order chi connectivity index (χ0) is 13.0. The van der Waals surface area contributed by atoms with E-state index in [0.29, 0.717) is 6.04 Å². The third kappa shape index (κ3) is 3.11. The standard InChI is InChI=1S/C16H26N2/c1-4-13-7-9-14(10-13)16(17-5-2)15-8-6-12(3)18-11-15/h6,8,11,13-14,16-17H,4-5,7,9-10H2,1-3H3. The lowest BCUT2D eigenvalue weighted by atomic mass is 9.91. The largest absolute Gasteiger partial charge is 0.310 e. The summed E-state index contributed by atoms with van der Waals surface area (Å²) in [6, 6.07) is 4.88. The molecular formula is C16H26N2. The van der Waals surface area contributed by atoms with Crippen LogP contribution in [-0.2, 0) is 0 Å². The third-order valence-corrected chi connectivity index (χ3v) is 4.35. The Kier molecular flexibility index (Phi) is 4.76. The molecule has 0 amide bonds. The van der Waals surface area contributed by atoms with E-state index in [1.54, 1.807) is 0 Å². The van der Waals surface area contributed by atoms with Gasteiger partial charge in [-0.25, -0.2) is 0 Å². The van der Waals surface area contributed by atoms with Crippen molar-refractivity contribution in [2.75, 3.05) is 6.54 Å². The van der Waals surface area contributed by atoms with E-state index in [1.165, 1.54) is 31.2 Å². The average Bonchev–Trinajstić information content (AvgIpc) is 2.86. The molecule has 0 spiro atoms. The summed E-state index contributed by atoms with van der Waals surface area (Å²) in [6.07, 6.45) is 7.54. The Morgan fingerprint density at radius 3 is 2.72 bits per heavy atom. The smallest absolute Gasteiger partial charge is 0.0372 e. The van der Waals surface area contributed by atoms with Crippen LogP contribution in [-0.4, -0.2) is 11.5 Å². The lowest BCUT2D eigenvalue weighted by Crippen LogP contribution is -2.27. The molecule has 1 aliphatic carbocycles. The van der Waals surface area contributed by atoms with Crippen LogP contribution in [0.5, 0.6) is 0 Å². The van der Waals surface area contributed by atoms with Gasteiger partial charge >= 0.3 is 0 Å². The van der Waals surface area contributed by atoms with Gasteiger partial charge in [-0.3, -0.25) is 4.98 Å². The van der Waals surface area contributed by atoms with Crippen LogP contribution in [0.15, 0.2) is 18.3 Å². The first-order valence-electron chi connectivity index (χ1n) is 7.40. The van der Waals surface area contributed by atoms with E-state index in [-0.39, 0.29) is 0 Å². The second-order valence-corrected chi connectivity index (χ2v) is 5.62. The van der Waals surface area contributed by atoms with Gasteiger partial charge < -0.3 is 5.32 Å². The number of hydrogen-bond acceptors (Lipinski definition) is 2. The molecule has 3 unspecified atom stereocenters. The monoisotopic (exact) mass is 246 g/mol. The normalized spacial score (nSPS) is 25.3. The van der Waals surface area contributed by atoms with E-state index in [9.17, 15) is 0 Å². The average molecular weight is 246 g/mol. The molecule has 1 aromatic heterocycles. The van der Waals surface area contributed by atoms with E-state index in [1.807, 2.05) is 0 Å². The molecule has 1 N–H and O–H groups in total. The van der Waals surface area contributed by atoms with Crippen LogP contribution >= 0.6 is 0 Å². The van der Waals surface area contributed by atoms with E-state index in [0.717, 1.165) is 24.1 Å². The number of hydrogen-bond donors (Lipinski definition) is 1. The van der Waals surface area contributed by atoms with Gasteiger partial charge in [-0.1, -0.05) is 32.8 Å². The highest BCUT2D eigenvalue weighted by Crippen LogP contribution is 2.40. The minimum atomic E-state index is 0.500. The number of aromatic nitrogens is 1. The molecule has 100 valence electrons. The van der Waals surface area contributed by atoms with Crippen molar-refractivity contribution in [3.8, 4) is 0 Å². The number of nitrogens with zero attached hydrogens (tertiary/aromatic N) is 1. The van der Waals surface area contributed by atoms with Gasteiger partial charge in [0.15, 0.2) is 0 Å². The molecule has 2 nitrogen and oxygen atoms in total. The zero-order valence-electron chi connectivity index (χ0n) is 11.9. The Labute approximate surface area is 111 Å². The van der Waals surface area contributed by atoms with Crippen molar-refractivity contribution in [3.05, 3.63) is 29.6 Å². The first-order chi connectivity index (χ1) is 8.74. The second-order valence-electron chi connectivity index (χ2n) is 5.62. The van der Waals surface area contributed by atoms with Crippen LogP contribution in [0.25, 0.3) is 0 Å². The summed E-state index contributed by atoms with van der Waals surface area (Å²) in [4.78, 5) is 4.45. The van der Waals surface area contributed by atoms with Crippen molar-refractivity contribution < 1.29 is 0 Å². The quantitative estimate of drug-likeness (QED) is 0.853. The fourth-order valence-corrected chi connectivity index (χ4v) is 3.23. The molecule has 0 saturated heterocycles. The molecule has 1 aromatic rings. The van der Waals surface area contributed by atoms with Gasteiger partial charge in [-0.2, -0.15) is 0 Å². The van der Waals surface area contributed by atoms with Gasteiger partial charge in [0.05, 0.1) is 0 Å². The Hall–Kier alpha value is -0.890. The lowest BCUT2D eigenvalue weighted by molar-refractivity contribution is 0.358. The van der Waals surface area contributed by atoms with Crippen LogP contribution in [0.4, 0.5) is 0 Å².